The molecule has 0 unspecified atom stereocenters. The van der Waals surface area contributed by atoms with E-state index in [2.05, 4.69) is 32.6 Å². The van der Waals surface area contributed by atoms with Gasteiger partial charge in [-0.3, -0.25) is 9.59 Å². The van der Waals surface area contributed by atoms with Crippen LogP contribution >= 0.6 is 38.9 Å². The highest BCUT2D eigenvalue weighted by Crippen LogP contribution is 2.37. The molecular formula is C21H12BrClN4O2S. The van der Waals surface area contributed by atoms with Gasteiger partial charge in [0.05, 0.1) is 11.3 Å². The minimum absolute atomic E-state index is 0.236. The van der Waals surface area contributed by atoms with Gasteiger partial charge >= 0.3 is 0 Å². The second-order valence-electron chi connectivity index (χ2n) is 6.62. The van der Waals surface area contributed by atoms with Crippen molar-refractivity contribution in [2.75, 3.05) is 11.4 Å². The topological polar surface area (TPSA) is 67.6 Å². The van der Waals surface area contributed by atoms with E-state index in [9.17, 15) is 9.59 Å². The van der Waals surface area contributed by atoms with Gasteiger partial charge in [0.25, 0.3) is 11.5 Å². The molecule has 1 aliphatic heterocycles. The number of hydrogen-bond acceptors (Lipinski definition) is 5. The third-order valence-electron chi connectivity index (χ3n) is 4.76. The van der Waals surface area contributed by atoms with Crippen LogP contribution < -0.4 is 15.0 Å². The third-order valence-corrected chi connectivity index (χ3v) is 6.51. The van der Waals surface area contributed by atoms with Crippen molar-refractivity contribution < 1.29 is 4.79 Å². The van der Waals surface area contributed by atoms with Gasteiger partial charge in [0, 0.05) is 27.2 Å². The average molecular weight is 500 g/mol. The molecule has 0 aliphatic carbocycles. The molecule has 0 spiro atoms. The summed E-state index contributed by atoms with van der Waals surface area (Å²) in [7, 11) is 0. The maximum Gasteiger partial charge on any atom is 0.291 e. The maximum atomic E-state index is 13.2. The number of anilines is 1. The van der Waals surface area contributed by atoms with Crippen LogP contribution in [0.25, 0.3) is 21.9 Å². The van der Waals surface area contributed by atoms with E-state index in [1.165, 1.54) is 4.52 Å². The van der Waals surface area contributed by atoms with E-state index in [1.54, 1.807) is 29.2 Å². The largest absolute Gasteiger partial charge is 0.304 e. The second-order valence-corrected chi connectivity index (χ2v) is 8.95. The van der Waals surface area contributed by atoms with E-state index in [0.717, 1.165) is 27.1 Å². The van der Waals surface area contributed by atoms with Crippen molar-refractivity contribution in [2.24, 2.45) is 0 Å². The van der Waals surface area contributed by atoms with Crippen molar-refractivity contribution in [3.05, 3.63) is 85.1 Å². The lowest BCUT2D eigenvalue weighted by atomic mass is 10.1. The van der Waals surface area contributed by atoms with Gasteiger partial charge in [-0.1, -0.05) is 57.1 Å². The van der Waals surface area contributed by atoms with Crippen molar-refractivity contribution in [3.8, 4) is 11.4 Å². The Morgan fingerprint density at radius 1 is 1.20 bits per heavy atom. The summed E-state index contributed by atoms with van der Waals surface area (Å²) in [6, 6.07) is 12.7. The molecule has 5 rings (SSSR count). The number of halogens is 2. The van der Waals surface area contributed by atoms with Crippen molar-refractivity contribution in [2.45, 2.75) is 0 Å². The Balaban J connectivity index is 1.75. The summed E-state index contributed by atoms with van der Waals surface area (Å²) in [4.78, 5) is 32.8. The molecule has 2 aromatic carbocycles. The van der Waals surface area contributed by atoms with Gasteiger partial charge < -0.3 is 4.90 Å². The fraction of sp³-hybridized carbons (Fsp3) is 0.0476. The van der Waals surface area contributed by atoms with Crippen LogP contribution in [-0.2, 0) is 4.79 Å². The van der Waals surface area contributed by atoms with Crippen LogP contribution in [0.1, 0.15) is 5.56 Å². The zero-order valence-electron chi connectivity index (χ0n) is 15.3. The maximum absolute atomic E-state index is 13.2. The van der Waals surface area contributed by atoms with Crippen LogP contribution in [0.15, 0.2) is 64.4 Å². The first-order valence-electron chi connectivity index (χ1n) is 8.90. The molecular weight excluding hydrogens is 488 g/mol. The Morgan fingerprint density at radius 2 is 2.03 bits per heavy atom. The van der Waals surface area contributed by atoms with Gasteiger partial charge in [0.1, 0.15) is 4.53 Å². The Bertz CT molecular complexity index is 1480. The van der Waals surface area contributed by atoms with Crippen LogP contribution in [0.5, 0.6) is 0 Å². The lowest BCUT2D eigenvalue weighted by molar-refractivity contribution is -0.112. The number of aromatic nitrogens is 3. The molecule has 0 fully saturated rings. The first-order valence-corrected chi connectivity index (χ1v) is 10.9. The van der Waals surface area contributed by atoms with E-state index < -0.39 is 0 Å². The predicted molar refractivity (Wildman–Crippen MR) is 122 cm³/mol. The zero-order valence-corrected chi connectivity index (χ0v) is 18.5. The molecule has 2 aromatic heterocycles. The molecule has 0 atom stereocenters. The van der Waals surface area contributed by atoms with E-state index in [0.29, 0.717) is 38.0 Å². The van der Waals surface area contributed by atoms with Gasteiger partial charge in [-0.25, -0.2) is 0 Å². The first kappa shape index (κ1) is 19.2. The number of rotatable bonds is 3. The van der Waals surface area contributed by atoms with Crippen molar-refractivity contribution in [3.63, 3.8) is 0 Å². The van der Waals surface area contributed by atoms with Gasteiger partial charge in [-0.15, -0.1) is 11.7 Å². The molecule has 0 radical (unpaired) electrons. The van der Waals surface area contributed by atoms with Crippen molar-refractivity contribution in [1.82, 2.24) is 14.6 Å². The van der Waals surface area contributed by atoms with Crippen molar-refractivity contribution in [1.29, 1.82) is 0 Å². The number of carbonyl (C=O) groups excluding carboxylic acids is 1. The van der Waals surface area contributed by atoms with Crippen LogP contribution in [0.4, 0.5) is 5.69 Å². The van der Waals surface area contributed by atoms with E-state index in [1.807, 2.05) is 24.3 Å². The quantitative estimate of drug-likeness (QED) is 0.403. The zero-order chi connectivity index (χ0) is 21.0. The van der Waals surface area contributed by atoms with Crippen LogP contribution in [-0.4, -0.2) is 27.0 Å². The number of carbonyl (C=O) groups is 1. The lowest BCUT2D eigenvalue weighted by Gasteiger charge is -2.14. The SMILES string of the molecule is C=CCN1C(=O)C(=c2sc3nc(-c4cccc(Cl)c4)nn3c2=O)c2cc(Br)ccc21. The highest BCUT2D eigenvalue weighted by molar-refractivity contribution is 9.10. The molecule has 4 aromatic rings. The molecule has 6 nitrogen and oxygen atoms in total. The molecule has 0 saturated carbocycles. The average Bonchev–Trinajstić information content (AvgIpc) is 3.34. The molecule has 1 aliphatic rings. The second kappa shape index (κ2) is 7.16. The van der Waals surface area contributed by atoms with Crippen LogP contribution in [0, 0.1) is 0 Å². The Hall–Kier alpha value is -2.81. The minimum Gasteiger partial charge on any atom is -0.304 e. The highest BCUT2D eigenvalue weighted by atomic mass is 79.9. The molecule has 148 valence electrons. The highest BCUT2D eigenvalue weighted by Gasteiger charge is 2.34. The minimum atomic E-state index is -0.370. The monoisotopic (exact) mass is 498 g/mol. The van der Waals surface area contributed by atoms with E-state index in [4.69, 9.17) is 11.6 Å². The summed E-state index contributed by atoms with van der Waals surface area (Å²) in [5, 5.41) is 4.91. The summed E-state index contributed by atoms with van der Waals surface area (Å²) in [6.45, 7) is 4.08. The standard InChI is InChI=1S/C21H12BrClN4O2S/c1-2-8-26-15-7-6-12(22)10-14(15)16(19(26)28)17-20(29)27-21(30-17)24-18(25-27)11-4-3-5-13(23)9-11/h2-7,9-10H,1,8H2. The van der Waals surface area contributed by atoms with Crippen LogP contribution in [0.2, 0.25) is 5.02 Å². The van der Waals surface area contributed by atoms with Gasteiger partial charge in [0.2, 0.25) is 4.96 Å². The summed E-state index contributed by atoms with van der Waals surface area (Å²) < 4.78 is 2.38. The molecule has 3 heterocycles. The number of hydrogen-bond donors (Lipinski definition) is 0. The molecule has 30 heavy (non-hydrogen) atoms. The number of nitrogens with zero attached hydrogens (tertiary/aromatic N) is 4. The molecule has 0 bridgehead atoms. The molecule has 0 N–H and O–H groups in total. The Labute approximate surface area is 187 Å². The van der Waals surface area contributed by atoms with Crippen molar-refractivity contribution >= 4 is 61.0 Å². The number of amides is 1. The normalized spacial score (nSPS) is 15.1. The molecule has 9 heteroatoms. The lowest BCUT2D eigenvalue weighted by Crippen LogP contribution is -2.32. The molecule has 0 saturated heterocycles. The van der Waals surface area contributed by atoms with Gasteiger partial charge in [0.15, 0.2) is 5.82 Å². The van der Waals surface area contributed by atoms with E-state index >= 15 is 0 Å². The Morgan fingerprint density at radius 3 is 2.77 bits per heavy atom. The first-order chi connectivity index (χ1) is 14.5. The van der Waals surface area contributed by atoms with Gasteiger partial charge in [-0.2, -0.15) is 9.50 Å². The Kier molecular flexibility index (Phi) is 4.57. The summed E-state index contributed by atoms with van der Waals surface area (Å²) in [5.74, 6) is 0.172. The predicted octanol–water partition coefficient (Wildman–Crippen LogP) is 3.68. The number of benzene rings is 2. The number of thiazole rings is 1. The van der Waals surface area contributed by atoms with E-state index in [-0.39, 0.29) is 11.5 Å². The smallest absolute Gasteiger partial charge is 0.291 e. The summed E-state index contributed by atoms with van der Waals surface area (Å²) in [6.07, 6.45) is 1.66. The number of fused-ring (bicyclic) bond motifs is 2. The summed E-state index contributed by atoms with van der Waals surface area (Å²) >= 11 is 10.7. The third kappa shape index (κ3) is 2.91. The summed E-state index contributed by atoms with van der Waals surface area (Å²) in [5.41, 5.74) is 2.16. The molecule has 1 amide bonds. The van der Waals surface area contributed by atoms with Gasteiger partial charge in [-0.05, 0) is 30.3 Å². The fourth-order valence-corrected chi connectivity index (χ4v) is 5.02. The fourth-order valence-electron chi connectivity index (χ4n) is 3.47. The van der Waals surface area contributed by atoms with Crippen LogP contribution in [0.3, 0.4) is 0 Å².